The van der Waals surface area contributed by atoms with E-state index in [0.717, 1.165) is 0 Å². The van der Waals surface area contributed by atoms with E-state index in [0.29, 0.717) is 5.82 Å². The van der Waals surface area contributed by atoms with E-state index in [1.54, 1.807) is 0 Å². The minimum atomic E-state index is -0.431. The van der Waals surface area contributed by atoms with Crippen LogP contribution in [0.25, 0.3) is 0 Å². The number of hydrogen-bond acceptors (Lipinski definition) is 3. The Bertz CT molecular complexity index is 137. The Labute approximate surface area is 45.1 Å². The van der Waals surface area contributed by atoms with Crippen LogP contribution >= 0.6 is 0 Å². The van der Waals surface area contributed by atoms with E-state index in [-0.39, 0.29) is 6.42 Å². The number of tetrazole rings is 1. The van der Waals surface area contributed by atoms with Gasteiger partial charge in [-0.3, -0.25) is 4.39 Å². The molecule has 0 fully saturated rings. The van der Waals surface area contributed by atoms with Crippen molar-refractivity contribution in [2.24, 2.45) is 0 Å². The molecule has 1 aromatic heterocycles. The van der Waals surface area contributed by atoms with Gasteiger partial charge in [0.25, 0.3) is 0 Å². The SMILES string of the molecule is FCCc1nn[nH]n1. The number of aromatic nitrogens is 4. The van der Waals surface area contributed by atoms with Crippen LogP contribution in [-0.2, 0) is 6.42 Å². The monoisotopic (exact) mass is 116 g/mol. The van der Waals surface area contributed by atoms with Crippen molar-refractivity contribution in [1.82, 2.24) is 20.6 Å². The van der Waals surface area contributed by atoms with Crippen molar-refractivity contribution in [1.29, 1.82) is 0 Å². The number of rotatable bonds is 2. The lowest BCUT2D eigenvalue weighted by atomic mass is 10.5. The maximum absolute atomic E-state index is 11.4. The van der Waals surface area contributed by atoms with Crippen LogP contribution in [0.2, 0.25) is 0 Å². The zero-order chi connectivity index (χ0) is 5.82. The molecule has 0 spiro atoms. The van der Waals surface area contributed by atoms with Crippen LogP contribution in [0.4, 0.5) is 4.39 Å². The molecule has 1 heterocycles. The molecule has 4 nitrogen and oxygen atoms in total. The summed E-state index contributed by atoms with van der Waals surface area (Å²) in [6.07, 6.45) is 0.247. The van der Waals surface area contributed by atoms with E-state index in [4.69, 9.17) is 0 Å². The minimum absolute atomic E-state index is 0.247. The number of nitrogens with zero attached hydrogens (tertiary/aromatic N) is 3. The molecule has 44 valence electrons. The van der Waals surface area contributed by atoms with Gasteiger partial charge in [0.05, 0.1) is 6.67 Å². The van der Waals surface area contributed by atoms with Gasteiger partial charge < -0.3 is 0 Å². The normalized spacial score (nSPS) is 9.62. The lowest BCUT2D eigenvalue weighted by Gasteiger charge is -1.78. The smallest absolute Gasteiger partial charge is 0.177 e. The van der Waals surface area contributed by atoms with Gasteiger partial charge in [-0.2, -0.15) is 5.21 Å². The lowest BCUT2D eigenvalue weighted by molar-refractivity contribution is 0.488. The Morgan fingerprint density at radius 2 is 2.50 bits per heavy atom. The van der Waals surface area contributed by atoms with Gasteiger partial charge in [-0.05, 0) is 0 Å². The van der Waals surface area contributed by atoms with Crippen molar-refractivity contribution in [3.63, 3.8) is 0 Å². The van der Waals surface area contributed by atoms with Crippen LogP contribution in [-0.4, -0.2) is 27.3 Å². The number of H-pyrrole nitrogens is 1. The quantitative estimate of drug-likeness (QED) is 0.577. The van der Waals surface area contributed by atoms with E-state index in [2.05, 4.69) is 20.6 Å². The molecule has 0 bridgehead atoms. The zero-order valence-corrected chi connectivity index (χ0v) is 4.13. The molecule has 0 aliphatic carbocycles. The van der Waals surface area contributed by atoms with E-state index in [9.17, 15) is 4.39 Å². The third kappa shape index (κ3) is 0.988. The molecule has 1 aromatic rings. The molecule has 8 heavy (non-hydrogen) atoms. The summed E-state index contributed by atoms with van der Waals surface area (Å²) < 4.78 is 11.4. The summed E-state index contributed by atoms with van der Waals surface area (Å²) in [6, 6.07) is 0. The van der Waals surface area contributed by atoms with Crippen molar-refractivity contribution < 1.29 is 4.39 Å². The first-order valence-electron chi connectivity index (χ1n) is 2.22. The van der Waals surface area contributed by atoms with Gasteiger partial charge in [0, 0.05) is 6.42 Å². The molecular formula is C3H5FN4. The highest BCUT2D eigenvalue weighted by Gasteiger charge is 1.93. The molecule has 0 saturated heterocycles. The molecule has 0 aliphatic heterocycles. The highest BCUT2D eigenvalue weighted by atomic mass is 19.1. The summed E-state index contributed by atoms with van der Waals surface area (Å²) in [5.74, 6) is 0.424. The summed E-state index contributed by atoms with van der Waals surface area (Å²) in [4.78, 5) is 0. The molecule has 0 aromatic carbocycles. The summed E-state index contributed by atoms with van der Waals surface area (Å²) in [7, 11) is 0. The maximum atomic E-state index is 11.4. The molecule has 5 heteroatoms. The second-order valence-corrected chi connectivity index (χ2v) is 1.27. The first-order chi connectivity index (χ1) is 3.93. The van der Waals surface area contributed by atoms with Gasteiger partial charge in [-0.1, -0.05) is 5.21 Å². The first-order valence-corrected chi connectivity index (χ1v) is 2.22. The fourth-order valence-corrected chi connectivity index (χ4v) is 0.373. The molecule has 0 saturated carbocycles. The number of halogens is 1. The van der Waals surface area contributed by atoms with Crippen molar-refractivity contribution in [3.8, 4) is 0 Å². The fraction of sp³-hybridized carbons (Fsp3) is 0.667. The molecular weight excluding hydrogens is 111 g/mol. The van der Waals surface area contributed by atoms with Gasteiger partial charge >= 0.3 is 0 Å². The average molecular weight is 116 g/mol. The van der Waals surface area contributed by atoms with Gasteiger partial charge in [0.2, 0.25) is 0 Å². The number of aryl methyl sites for hydroxylation is 1. The highest BCUT2D eigenvalue weighted by Crippen LogP contribution is 1.83. The van der Waals surface area contributed by atoms with Gasteiger partial charge in [0.1, 0.15) is 0 Å². The van der Waals surface area contributed by atoms with E-state index in [1.165, 1.54) is 0 Å². The first kappa shape index (κ1) is 5.14. The van der Waals surface area contributed by atoms with Gasteiger partial charge in [0.15, 0.2) is 5.82 Å². The number of hydrogen-bond donors (Lipinski definition) is 1. The van der Waals surface area contributed by atoms with Crippen LogP contribution in [0.1, 0.15) is 5.82 Å². The van der Waals surface area contributed by atoms with Crippen molar-refractivity contribution >= 4 is 0 Å². The predicted octanol–water partition coefficient (Wildman–Crippen LogP) is -0.288. The zero-order valence-electron chi connectivity index (χ0n) is 4.13. The number of alkyl halides is 1. The number of nitrogens with one attached hydrogen (secondary N) is 1. The van der Waals surface area contributed by atoms with E-state index < -0.39 is 6.67 Å². The summed E-state index contributed by atoms with van der Waals surface area (Å²) in [5.41, 5.74) is 0. The average Bonchev–Trinajstić information content (AvgIpc) is 2.19. The maximum Gasteiger partial charge on any atom is 0.177 e. The second-order valence-electron chi connectivity index (χ2n) is 1.27. The molecule has 0 radical (unpaired) electrons. The standard InChI is InChI=1S/C3H5FN4/c4-2-1-3-5-7-8-6-3/h1-2H2,(H,5,6,7,8). The van der Waals surface area contributed by atoms with Crippen LogP contribution < -0.4 is 0 Å². The van der Waals surface area contributed by atoms with Crippen molar-refractivity contribution in [2.75, 3.05) is 6.67 Å². The molecule has 1 N–H and O–H groups in total. The Morgan fingerprint density at radius 3 is 3.00 bits per heavy atom. The van der Waals surface area contributed by atoms with Gasteiger partial charge in [-0.25, -0.2) is 0 Å². The largest absolute Gasteiger partial charge is 0.251 e. The van der Waals surface area contributed by atoms with E-state index >= 15 is 0 Å². The number of aromatic amines is 1. The molecule has 0 unspecified atom stereocenters. The predicted molar refractivity (Wildman–Crippen MR) is 23.9 cm³/mol. The fourth-order valence-electron chi connectivity index (χ4n) is 0.373. The Morgan fingerprint density at radius 1 is 1.62 bits per heavy atom. The van der Waals surface area contributed by atoms with Crippen molar-refractivity contribution in [3.05, 3.63) is 5.82 Å². The summed E-state index contributed by atoms with van der Waals surface area (Å²) >= 11 is 0. The topological polar surface area (TPSA) is 54.5 Å². The third-order valence-corrected chi connectivity index (χ3v) is 0.707. The Kier molecular flexibility index (Phi) is 1.51. The summed E-state index contributed by atoms with van der Waals surface area (Å²) in [6.45, 7) is -0.431. The van der Waals surface area contributed by atoms with E-state index in [1.807, 2.05) is 0 Å². The molecule has 0 aliphatic rings. The molecule has 0 amide bonds. The lowest BCUT2D eigenvalue weighted by Crippen LogP contribution is -1.88. The molecule has 0 atom stereocenters. The van der Waals surface area contributed by atoms with Crippen LogP contribution in [0.3, 0.4) is 0 Å². The Hall–Kier alpha value is -1.00. The highest BCUT2D eigenvalue weighted by molar-refractivity contribution is 4.74. The summed E-state index contributed by atoms with van der Waals surface area (Å²) in [5, 5.41) is 12.5. The minimum Gasteiger partial charge on any atom is -0.251 e. The third-order valence-electron chi connectivity index (χ3n) is 0.707. The van der Waals surface area contributed by atoms with Crippen LogP contribution in [0, 0.1) is 0 Å². The Balaban J connectivity index is 2.50. The molecule has 1 rings (SSSR count). The van der Waals surface area contributed by atoms with Crippen molar-refractivity contribution in [2.45, 2.75) is 6.42 Å². The second kappa shape index (κ2) is 2.34. The van der Waals surface area contributed by atoms with Gasteiger partial charge in [-0.15, -0.1) is 10.2 Å². The van der Waals surface area contributed by atoms with Crippen LogP contribution in [0.5, 0.6) is 0 Å². The van der Waals surface area contributed by atoms with Crippen LogP contribution in [0.15, 0.2) is 0 Å².